The van der Waals surface area contributed by atoms with Crippen molar-refractivity contribution in [1.82, 2.24) is 5.32 Å². The van der Waals surface area contributed by atoms with Gasteiger partial charge in [0.15, 0.2) is 17.9 Å². The van der Waals surface area contributed by atoms with Crippen LogP contribution >= 0.6 is 0 Å². The van der Waals surface area contributed by atoms with Crippen molar-refractivity contribution in [3.8, 4) is 5.75 Å². The largest absolute Gasteiger partial charge is 0.494 e. The topological polar surface area (TPSA) is 168 Å². The summed E-state index contributed by atoms with van der Waals surface area (Å²) < 4.78 is 27.8. The molecule has 1 N–H and O–H groups in total. The van der Waals surface area contributed by atoms with Gasteiger partial charge in [0.2, 0.25) is 5.91 Å². The maximum Gasteiger partial charge on any atom is 0.303 e. The zero-order chi connectivity index (χ0) is 33.4. The number of ether oxygens (including phenoxy) is 5. The predicted molar refractivity (Wildman–Crippen MR) is 162 cm³/mol. The molecule has 2 aromatic rings. The summed E-state index contributed by atoms with van der Waals surface area (Å²) in [4.78, 5) is 68.8. The van der Waals surface area contributed by atoms with Gasteiger partial charge < -0.3 is 38.7 Å². The highest BCUT2D eigenvalue weighted by Crippen LogP contribution is 2.31. The predicted octanol–water partition coefficient (Wildman–Crippen LogP) is 2.19. The Morgan fingerprint density at radius 3 is 2.24 bits per heavy atom. The molecule has 46 heavy (non-hydrogen) atoms. The zero-order valence-corrected chi connectivity index (χ0v) is 26.2. The van der Waals surface area contributed by atoms with Gasteiger partial charge in [0.05, 0.1) is 12.3 Å². The molecule has 0 unspecified atom stereocenters. The minimum atomic E-state index is -1.47. The van der Waals surface area contributed by atoms with Crippen molar-refractivity contribution < 1.29 is 52.5 Å². The van der Waals surface area contributed by atoms with Gasteiger partial charge in [0, 0.05) is 39.8 Å². The van der Waals surface area contributed by atoms with E-state index in [4.69, 9.17) is 28.5 Å². The van der Waals surface area contributed by atoms with Gasteiger partial charge in [0.1, 0.15) is 24.5 Å². The Morgan fingerprint density at radius 1 is 0.913 bits per heavy atom. The standard InChI is InChI=1S/C32H37N3O11/c1-18-11-13-23(14-12-18)41-16-8-15-35-25-10-7-6-9-24(25)27(31(35)40)34-46-32-28(33-19(2)36)30(44-22(5)39)29(43-21(4)38)26(45-32)17-42-20(3)37/h6-7,9-14,26,28-30,32H,8,15-17H2,1-5H3,(H,33,36)/b34-27+/t26-,28-,29-,30-,32+/m1/s1. The van der Waals surface area contributed by atoms with E-state index in [1.165, 1.54) is 13.8 Å². The highest BCUT2D eigenvalue weighted by Gasteiger charge is 2.52. The molecule has 0 spiro atoms. The Hall–Kier alpha value is -4.98. The number of anilines is 1. The van der Waals surface area contributed by atoms with Crippen molar-refractivity contribution in [2.75, 3.05) is 24.7 Å². The fourth-order valence-corrected chi connectivity index (χ4v) is 5.10. The normalized spacial score (nSPS) is 22.9. The molecule has 0 radical (unpaired) electrons. The minimum absolute atomic E-state index is 0.0251. The molecule has 2 aliphatic rings. The molecule has 2 aliphatic heterocycles. The average molecular weight is 640 g/mol. The molecule has 246 valence electrons. The van der Waals surface area contributed by atoms with Crippen LogP contribution < -0.4 is 15.0 Å². The van der Waals surface area contributed by atoms with Crippen LogP contribution in [-0.4, -0.2) is 85.8 Å². The molecule has 14 heteroatoms. The second-order valence-electron chi connectivity index (χ2n) is 10.8. The summed E-state index contributed by atoms with van der Waals surface area (Å²) in [5.74, 6) is -2.39. The number of nitrogens with zero attached hydrogens (tertiary/aromatic N) is 2. The lowest BCUT2D eigenvalue weighted by Crippen LogP contribution is -2.66. The fourth-order valence-electron chi connectivity index (χ4n) is 5.10. The third-order valence-corrected chi connectivity index (χ3v) is 7.03. The highest BCUT2D eigenvalue weighted by molar-refractivity contribution is 6.54. The first-order chi connectivity index (χ1) is 21.9. The van der Waals surface area contributed by atoms with Gasteiger partial charge in [-0.05, 0) is 31.5 Å². The number of hydrogen-bond acceptors (Lipinski definition) is 12. The van der Waals surface area contributed by atoms with Gasteiger partial charge in [-0.15, -0.1) is 0 Å². The first-order valence-electron chi connectivity index (χ1n) is 14.7. The van der Waals surface area contributed by atoms with E-state index >= 15 is 0 Å². The summed E-state index contributed by atoms with van der Waals surface area (Å²) in [7, 11) is 0. The summed E-state index contributed by atoms with van der Waals surface area (Å²) >= 11 is 0. The molecule has 5 atom stereocenters. The van der Waals surface area contributed by atoms with Gasteiger partial charge in [-0.25, -0.2) is 0 Å². The van der Waals surface area contributed by atoms with Crippen LogP contribution in [0, 0.1) is 6.92 Å². The van der Waals surface area contributed by atoms with Crippen LogP contribution in [0.5, 0.6) is 5.75 Å². The summed E-state index contributed by atoms with van der Waals surface area (Å²) in [5, 5.41) is 6.75. The van der Waals surface area contributed by atoms with Crippen molar-refractivity contribution in [1.29, 1.82) is 0 Å². The third-order valence-electron chi connectivity index (χ3n) is 7.03. The quantitative estimate of drug-likeness (QED) is 0.156. The summed E-state index contributed by atoms with van der Waals surface area (Å²) in [5.41, 5.74) is 2.22. The van der Waals surface area contributed by atoms with E-state index in [0.29, 0.717) is 30.8 Å². The molecule has 14 nitrogen and oxygen atoms in total. The van der Waals surface area contributed by atoms with Crippen molar-refractivity contribution >= 4 is 41.1 Å². The maximum absolute atomic E-state index is 13.6. The third kappa shape index (κ3) is 8.59. The molecule has 1 saturated heterocycles. The number of esters is 3. The number of hydrogen-bond donors (Lipinski definition) is 1. The number of amides is 2. The van der Waals surface area contributed by atoms with Gasteiger partial charge >= 0.3 is 17.9 Å². The molecule has 0 aliphatic carbocycles. The first-order valence-corrected chi connectivity index (χ1v) is 14.7. The molecule has 0 aromatic heterocycles. The average Bonchev–Trinajstić information content (AvgIpc) is 3.26. The number of para-hydroxylation sites is 1. The highest BCUT2D eigenvalue weighted by atomic mass is 16.8. The summed E-state index contributed by atoms with van der Waals surface area (Å²) in [6.07, 6.45) is -4.76. The van der Waals surface area contributed by atoms with Crippen LogP contribution in [0.3, 0.4) is 0 Å². The fraction of sp³-hybridized carbons (Fsp3) is 0.438. The van der Waals surface area contributed by atoms with Gasteiger partial charge in [-0.3, -0.25) is 24.0 Å². The van der Waals surface area contributed by atoms with Crippen molar-refractivity contribution in [3.63, 3.8) is 0 Å². The first kappa shape index (κ1) is 33.9. The van der Waals surface area contributed by atoms with E-state index < -0.39 is 67.0 Å². The number of aryl methyl sites for hydroxylation is 1. The SMILES string of the molecule is CC(=O)N[C@H]1[C@H](O/N=C2/C(=O)N(CCCOc3ccc(C)cc3)c3ccccc32)O[C@H](COC(C)=O)[C@@H](OC(C)=O)[C@@H]1OC(C)=O. The smallest absolute Gasteiger partial charge is 0.303 e. The molecule has 0 saturated carbocycles. The van der Waals surface area contributed by atoms with Gasteiger partial charge in [-0.2, -0.15) is 0 Å². The van der Waals surface area contributed by atoms with Crippen LogP contribution in [0.15, 0.2) is 53.7 Å². The number of nitrogens with one attached hydrogen (secondary N) is 1. The zero-order valence-electron chi connectivity index (χ0n) is 26.2. The lowest BCUT2D eigenvalue weighted by Gasteiger charge is -2.43. The molecule has 1 fully saturated rings. The van der Waals surface area contributed by atoms with Gasteiger partial charge in [-0.1, -0.05) is 41.1 Å². The van der Waals surface area contributed by atoms with Crippen molar-refractivity contribution in [3.05, 3.63) is 59.7 Å². The monoisotopic (exact) mass is 639 g/mol. The lowest BCUT2D eigenvalue weighted by atomic mass is 9.96. The van der Waals surface area contributed by atoms with Crippen molar-refractivity contribution in [2.45, 2.75) is 71.7 Å². The molecule has 4 rings (SSSR count). The van der Waals surface area contributed by atoms with Crippen LogP contribution in [0.25, 0.3) is 0 Å². The summed E-state index contributed by atoms with van der Waals surface area (Å²) in [6, 6.07) is 13.5. The number of fused-ring (bicyclic) bond motifs is 1. The number of rotatable bonds is 12. The minimum Gasteiger partial charge on any atom is -0.494 e. The van der Waals surface area contributed by atoms with Gasteiger partial charge in [0.25, 0.3) is 12.2 Å². The Labute approximate surface area is 265 Å². The van der Waals surface area contributed by atoms with E-state index in [1.807, 2.05) is 31.2 Å². The van der Waals surface area contributed by atoms with Crippen LogP contribution in [0.1, 0.15) is 45.2 Å². The molecular weight excluding hydrogens is 602 g/mol. The summed E-state index contributed by atoms with van der Waals surface area (Å²) in [6.45, 7) is 6.95. The molecular formula is C32H37N3O11. The Balaban J connectivity index is 1.57. The number of carbonyl (C=O) groups excluding carboxylic acids is 5. The Bertz CT molecular complexity index is 1480. The van der Waals surface area contributed by atoms with Crippen LogP contribution in [-0.2, 0) is 47.8 Å². The second kappa shape index (κ2) is 15.3. The number of oxime groups is 1. The number of benzene rings is 2. The maximum atomic E-state index is 13.6. The van der Waals surface area contributed by atoms with Crippen LogP contribution in [0.2, 0.25) is 0 Å². The van der Waals surface area contributed by atoms with E-state index in [0.717, 1.165) is 25.2 Å². The number of carbonyl (C=O) groups is 5. The van der Waals surface area contributed by atoms with E-state index in [-0.39, 0.29) is 5.71 Å². The van der Waals surface area contributed by atoms with Crippen LogP contribution in [0.4, 0.5) is 5.69 Å². The van der Waals surface area contributed by atoms with E-state index in [2.05, 4.69) is 10.5 Å². The Kier molecular flexibility index (Phi) is 11.3. The Morgan fingerprint density at radius 2 is 1.59 bits per heavy atom. The van der Waals surface area contributed by atoms with Crippen molar-refractivity contribution in [2.24, 2.45) is 5.16 Å². The van der Waals surface area contributed by atoms with E-state index in [9.17, 15) is 24.0 Å². The molecule has 0 bridgehead atoms. The molecule has 2 aromatic carbocycles. The second-order valence-corrected chi connectivity index (χ2v) is 10.8. The molecule has 2 amide bonds. The lowest BCUT2D eigenvalue weighted by molar-refractivity contribution is -0.278. The van der Waals surface area contributed by atoms with E-state index in [1.54, 1.807) is 29.2 Å². The molecule has 2 heterocycles.